The van der Waals surface area contributed by atoms with Gasteiger partial charge in [-0.15, -0.1) is 0 Å². The molecule has 6 nitrogen and oxygen atoms in total. The van der Waals surface area contributed by atoms with Gasteiger partial charge in [-0.2, -0.15) is 0 Å². The number of carbonyl (C=O) groups excluding carboxylic acids is 2. The fourth-order valence-electron chi connectivity index (χ4n) is 1.37. The molecule has 0 aromatic heterocycles. The predicted molar refractivity (Wildman–Crippen MR) is 45.4 cm³/mol. The Labute approximate surface area is 80.9 Å². The molecule has 14 heavy (non-hydrogen) atoms. The van der Waals surface area contributed by atoms with Gasteiger partial charge in [-0.05, 0) is 0 Å². The molecule has 3 N–H and O–H groups in total. The van der Waals surface area contributed by atoms with Crippen molar-refractivity contribution in [2.24, 2.45) is 0 Å². The van der Waals surface area contributed by atoms with E-state index in [2.05, 4.69) is 5.32 Å². The first-order valence-corrected chi connectivity index (χ1v) is 4.26. The Morgan fingerprint density at radius 2 is 2.29 bits per heavy atom. The zero-order chi connectivity index (χ0) is 10.7. The Morgan fingerprint density at radius 1 is 1.64 bits per heavy atom. The normalized spacial score (nSPS) is 33.8. The highest BCUT2D eigenvalue weighted by molar-refractivity contribution is 5.77. The fourth-order valence-corrected chi connectivity index (χ4v) is 1.37. The van der Waals surface area contributed by atoms with Crippen LogP contribution in [-0.4, -0.2) is 53.4 Å². The highest BCUT2D eigenvalue weighted by Crippen LogP contribution is 2.16. The van der Waals surface area contributed by atoms with Crippen molar-refractivity contribution >= 4 is 12.2 Å². The Hall–Kier alpha value is -0.980. The zero-order valence-corrected chi connectivity index (χ0v) is 7.71. The largest absolute Gasteiger partial charge is 0.388 e. The summed E-state index contributed by atoms with van der Waals surface area (Å²) in [5.74, 6) is -0.390. The van der Waals surface area contributed by atoms with Crippen LogP contribution in [0.2, 0.25) is 0 Å². The molecular formula is C8H13NO5. The molecule has 0 aliphatic carbocycles. The lowest BCUT2D eigenvalue weighted by atomic mass is 10.1. The minimum atomic E-state index is -1.14. The van der Waals surface area contributed by atoms with Crippen molar-refractivity contribution < 1.29 is 24.5 Å². The molecule has 4 atom stereocenters. The van der Waals surface area contributed by atoms with E-state index in [9.17, 15) is 14.7 Å². The summed E-state index contributed by atoms with van der Waals surface area (Å²) >= 11 is 0. The number of rotatable bonds is 3. The molecule has 1 aliphatic heterocycles. The van der Waals surface area contributed by atoms with Gasteiger partial charge in [0.25, 0.3) is 0 Å². The monoisotopic (exact) mass is 203 g/mol. The Bertz CT molecular complexity index is 232. The van der Waals surface area contributed by atoms with E-state index in [1.807, 2.05) is 0 Å². The van der Waals surface area contributed by atoms with Crippen LogP contribution in [-0.2, 0) is 14.3 Å². The Morgan fingerprint density at radius 3 is 2.64 bits per heavy atom. The minimum Gasteiger partial charge on any atom is -0.388 e. The summed E-state index contributed by atoms with van der Waals surface area (Å²) in [7, 11) is 0. The van der Waals surface area contributed by atoms with Crippen LogP contribution in [0.25, 0.3) is 0 Å². The Balaban J connectivity index is 2.61. The molecule has 1 rings (SSSR count). The van der Waals surface area contributed by atoms with E-state index in [0.717, 1.165) is 0 Å². The topological polar surface area (TPSA) is 95.9 Å². The van der Waals surface area contributed by atoms with Crippen molar-refractivity contribution in [2.75, 3.05) is 6.61 Å². The summed E-state index contributed by atoms with van der Waals surface area (Å²) in [6.07, 6.45) is -2.53. The number of hydrogen-bond acceptors (Lipinski definition) is 5. The minimum absolute atomic E-state index is 0.0320. The van der Waals surface area contributed by atoms with E-state index < -0.39 is 24.4 Å². The van der Waals surface area contributed by atoms with E-state index in [-0.39, 0.29) is 12.5 Å². The molecular weight excluding hydrogens is 190 g/mol. The lowest BCUT2D eigenvalue weighted by molar-refractivity contribution is -0.125. The van der Waals surface area contributed by atoms with E-state index in [1.54, 1.807) is 0 Å². The lowest BCUT2D eigenvalue weighted by Crippen LogP contribution is -2.49. The van der Waals surface area contributed by atoms with Gasteiger partial charge in [0.2, 0.25) is 5.91 Å². The number of amides is 1. The van der Waals surface area contributed by atoms with Crippen LogP contribution >= 0.6 is 0 Å². The highest BCUT2D eigenvalue weighted by Gasteiger charge is 2.40. The van der Waals surface area contributed by atoms with Gasteiger partial charge in [0.1, 0.15) is 30.6 Å². The second-order valence-corrected chi connectivity index (χ2v) is 3.22. The average molecular weight is 203 g/mol. The summed E-state index contributed by atoms with van der Waals surface area (Å²) in [6, 6.07) is -0.917. The van der Waals surface area contributed by atoms with Crippen molar-refractivity contribution in [1.29, 1.82) is 0 Å². The van der Waals surface area contributed by atoms with Crippen molar-refractivity contribution in [1.82, 2.24) is 5.32 Å². The van der Waals surface area contributed by atoms with Gasteiger partial charge in [0.15, 0.2) is 0 Å². The summed E-state index contributed by atoms with van der Waals surface area (Å²) in [4.78, 5) is 21.3. The first-order valence-electron chi connectivity index (χ1n) is 4.26. The maximum absolute atomic E-state index is 10.7. The first kappa shape index (κ1) is 11.1. The van der Waals surface area contributed by atoms with Crippen LogP contribution in [0.15, 0.2) is 0 Å². The second kappa shape index (κ2) is 4.50. The van der Waals surface area contributed by atoms with Crippen LogP contribution in [0.1, 0.15) is 6.92 Å². The molecule has 0 radical (unpaired) electrons. The molecule has 80 valence electrons. The summed E-state index contributed by atoms with van der Waals surface area (Å²) in [6.45, 7) is 1.23. The molecule has 1 fully saturated rings. The van der Waals surface area contributed by atoms with Gasteiger partial charge < -0.3 is 25.1 Å². The van der Waals surface area contributed by atoms with Crippen LogP contribution in [0.4, 0.5) is 0 Å². The highest BCUT2D eigenvalue weighted by atomic mass is 16.5. The summed E-state index contributed by atoms with van der Waals surface area (Å²) in [5.41, 5.74) is 0. The lowest BCUT2D eigenvalue weighted by Gasteiger charge is -2.21. The number of ether oxygens (including phenoxy) is 1. The number of aldehydes is 1. The molecule has 1 heterocycles. The number of aliphatic hydroxyl groups excluding tert-OH is 2. The molecule has 0 spiro atoms. The van der Waals surface area contributed by atoms with Crippen LogP contribution in [0, 0.1) is 0 Å². The summed E-state index contributed by atoms with van der Waals surface area (Å²) in [5, 5.41) is 20.8. The van der Waals surface area contributed by atoms with Crippen LogP contribution in [0.5, 0.6) is 0 Å². The molecule has 1 amide bonds. The van der Waals surface area contributed by atoms with Gasteiger partial charge in [-0.3, -0.25) is 4.79 Å². The second-order valence-electron chi connectivity index (χ2n) is 3.22. The third-order valence-electron chi connectivity index (χ3n) is 2.06. The molecule has 1 aliphatic rings. The van der Waals surface area contributed by atoms with E-state index in [0.29, 0.717) is 6.29 Å². The van der Waals surface area contributed by atoms with Crippen molar-refractivity contribution in [3.8, 4) is 0 Å². The van der Waals surface area contributed by atoms with E-state index in [1.165, 1.54) is 6.92 Å². The zero-order valence-electron chi connectivity index (χ0n) is 7.71. The van der Waals surface area contributed by atoms with Gasteiger partial charge in [0, 0.05) is 6.92 Å². The average Bonchev–Trinajstić information content (AvgIpc) is 2.44. The summed E-state index contributed by atoms with van der Waals surface area (Å²) < 4.78 is 4.99. The number of hydrogen-bond donors (Lipinski definition) is 3. The smallest absolute Gasteiger partial charge is 0.217 e. The molecule has 0 bridgehead atoms. The van der Waals surface area contributed by atoms with Gasteiger partial charge >= 0.3 is 0 Å². The maximum Gasteiger partial charge on any atom is 0.217 e. The molecule has 0 unspecified atom stereocenters. The first-order chi connectivity index (χ1) is 6.56. The Kier molecular flexibility index (Phi) is 3.56. The van der Waals surface area contributed by atoms with Crippen LogP contribution in [0.3, 0.4) is 0 Å². The van der Waals surface area contributed by atoms with Crippen molar-refractivity contribution in [2.45, 2.75) is 31.3 Å². The third kappa shape index (κ3) is 2.28. The van der Waals surface area contributed by atoms with Crippen molar-refractivity contribution in [3.63, 3.8) is 0 Å². The van der Waals surface area contributed by atoms with Crippen molar-refractivity contribution in [3.05, 3.63) is 0 Å². The number of carbonyl (C=O) groups is 2. The van der Waals surface area contributed by atoms with Crippen LogP contribution < -0.4 is 5.32 Å². The molecule has 1 saturated heterocycles. The van der Waals surface area contributed by atoms with E-state index >= 15 is 0 Å². The standard InChI is InChI=1S/C8H13NO5/c1-4(11)9-5(2-10)8-7(13)6(12)3-14-8/h2,5-8,12-13H,3H2,1H3,(H,9,11)/t5-,6+,7-,8-/m0/s1. The fraction of sp³-hybridized carbons (Fsp3) is 0.750. The molecule has 0 aromatic carbocycles. The molecule has 6 heteroatoms. The SMILES string of the molecule is CC(=O)N[C@@H](C=O)[C@@H]1OC[C@@H](O)[C@@H]1O. The van der Waals surface area contributed by atoms with Gasteiger partial charge in [-0.1, -0.05) is 0 Å². The maximum atomic E-state index is 10.7. The molecule has 0 aromatic rings. The van der Waals surface area contributed by atoms with E-state index in [4.69, 9.17) is 9.84 Å². The predicted octanol–water partition coefficient (Wildman–Crippen LogP) is -2.19. The molecule has 0 saturated carbocycles. The van der Waals surface area contributed by atoms with Gasteiger partial charge in [-0.25, -0.2) is 0 Å². The number of nitrogens with one attached hydrogen (secondary N) is 1. The quantitative estimate of drug-likeness (QED) is 0.453. The number of aliphatic hydroxyl groups is 2. The third-order valence-corrected chi connectivity index (χ3v) is 2.06. The van der Waals surface area contributed by atoms with Gasteiger partial charge in [0.05, 0.1) is 6.61 Å².